The Kier molecular flexibility index (Phi) is 11.7. The summed E-state index contributed by atoms with van der Waals surface area (Å²) in [6.45, 7) is 7.32. The molecule has 0 unspecified atom stereocenters. The number of anilines is 1. The Labute approximate surface area is 179 Å². The van der Waals surface area contributed by atoms with E-state index in [1.54, 1.807) is 7.05 Å². The van der Waals surface area contributed by atoms with Crippen LogP contribution in [0.5, 0.6) is 0 Å². The van der Waals surface area contributed by atoms with Crippen LogP contribution in [0.2, 0.25) is 0 Å². The second-order valence-electron chi connectivity index (χ2n) is 7.02. The molecule has 1 heterocycles. The first kappa shape index (κ1) is 25.2. The fraction of sp³-hybridized carbons (Fsp3) is 0.611. The number of nitrogens with zero attached hydrogens (tertiary/aromatic N) is 3. The van der Waals surface area contributed by atoms with Gasteiger partial charge in [0, 0.05) is 34.2 Å². The van der Waals surface area contributed by atoms with Gasteiger partial charge in [-0.15, -0.1) is 24.0 Å². The lowest BCUT2D eigenvalue weighted by molar-refractivity contribution is 0.0527. The van der Waals surface area contributed by atoms with Crippen molar-refractivity contribution in [2.75, 3.05) is 39.1 Å². The number of hydrogen-bond acceptors (Lipinski definition) is 5. The Morgan fingerprint density at radius 3 is 2.44 bits per heavy atom. The summed E-state index contributed by atoms with van der Waals surface area (Å²) in [7, 11) is 5.65. The Morgan fingerprint density at radius 2 is 1.85 bits per heavy atom. The minimum Gasteiger partial charge on any atom is -0.444 e. The van der Waals surface area contributed by atoms with Gasteiger partial charge in [0.2, 0.25) is 0 Å². The molecule has 0 saturated carbocycles. The molecule has 0 saturated heterocycles. The van der Waals surface area contributed by atoms with Crippen molar-refractivity contribution < 1.29 is 9.53 Å². The van der Waals surface area contributed by atoms with Crippen LogP contribution in [0.3, 0.4) is 0 Å². The van der Waals surface area contributed by atoms with Crippen molar-refractivity contribution in [2.45, 2.75) is 39.3 Å². The van der Waals surface area contributed by atoms with E-state index in [-0.39, 0.29) is 24.0 Å². The quantitative estimate of drug-likeness (QED) is 0.234. The average molecular weight is 492 g/mol. The molecule has 0 spiro atoms. The van der Waals surface area contributed by atoms with Crippen molar-refractivity contribution >= 4 is 41.8 Å². The standard InChI is InChI=1S/C18H32N6O2.HI/c1-18(2,3)26-17(25)21-12-8-11-20-16(19-4)22-13-14-9-7-10-15(23-14)24(5)6;/h7,9-10H,8,11-13H2,1-6H3,(H,21,25)(H2,19,20,22);1H. The van der Waals surface area contributed by atoms with E-state index in [4.69, 9.17) is 4.74 Å². The number of halogens is 1. The molecule has 1 aromatic rings. The van der Waals surface area contributed by atoms with Gasteiger partial charge in [-0.2, -0.15) is 0 Å². The number of aromatic nitrogens is 1. The van der Waals surface area contributed by atoms with E-state index in [9.17, 15) is 4.79 Å². The number of guanidine groups is 1. The van der Waals surface area contributed by atoms with E-state index in [0.29, 0.717) is 25.6 Å². The van der Waals surface area contributed by atoms with Crippen molar-refractivity contribution in [3.05, 3.63) is 23.9 Å². The van der Waals surface area contributed by atoms with Crippen LogP contribution >= 0.6 is 24.0 Å². The van der Waals surface area contributed by atoms with Crippen molar-refractivity contribution in [1.82, 2.24) is 20.9 Å². The molecule has 0 radical (unpaired) electrons. The van der Waals surface area contributed by atoms with Crippen LogP contribution in [0.1, 0.15) is 32.9 Å². The molecule has 1 aromatic heterocycles. The van der Waals surface area contributed by atoms with E-state index >= 15 is 0 Å². The smallest absolute Gasteiger partial charge is 0.407 e. The second-order valence-corrected chi connectivity index (χ2v) is 7.02. The monoisotopic (exact) mass is 492 g/mol. The molecule has 0 aromatic carbocycles. The summed E-state index contributed by atoms with van der Waals surface area (Å²) in [6.07, 6.45) is 0.362. The highest BCUT2D eigenvalue weighted by molar-refractivity contribution is 14.0. The number of rotatable bonds is 7. The number of ether oxygens (including phenoxy) is 1. The number of pyridine rings is 1. The predicted octanol–water partition coefficient (Wildman–Crippen LogP) is 2.35. The predicted molar refractivity (Wildman–Crippen MR) is 121 cm³/mol. The number of alkyl carbamates (subject to hydrolysis) is 1. The molecule has 154 valence electrons. The van der Waals surface area contributed by atoms with Crippen LogP contribution in [0.25, 0.3) is 0 Å². The molecule has 1 amide bonds. The minimum atomic E-state index is -0.480. The van der Waals surface area contributed by atoms with Gasteiger partial charge in [0.15, 0.2) is 5.96 Å². The SMILES string of the molecule is CN=C(NCCCNC(=O)OC(C)(C)C)NCc1cccc(N(C)C)n1.I. The van der Waals surface area contributed by atoms with Crippen LogP contribution in [0.15, 0.2) is 23.2 Å². The molecule has 0 bridgehead atoms. The molecular weight excluding hydrogens is 459 g/mol. The zero-order valence-electron chi connectivity index (χ0n) is 17.1. The van der Waals surface area contributed by atoms with E-state index in [1.807, 2.05) is 58.0 Å². The summed E-state index contributed by atoms with van der Waals surface area (Å²) in [5, 5.41) is 9.17. The van der Waals surface area contributed by atoms with Crippen LogP contribution in [-0.2, 0) is 11.3 Å². The van der Waals surface area contributed by atoms with Crippen molar-refractivity contribution in [1.29, 1.82) is 0 Å². The van der Waals surface area contributed by atoms with Crippen molar-refractivity contribution in [2.24, 2.45) is 4.99 Å². The molecule has 0 aliphatic carbocycles. The maximum Gasteiger partial charge on any atom is 0.407 e. The maximum absolute atomic E-state index is 11.5. The number of amides is 1. The molecule has 1 rings (SSSR count). The lowest BCUT2D eigenvalue weighted by Crippen LogP contribution is -2.39. The largest absolute Gasteiger partial charge is 0.444 e. The second kappa shape index (κ2) is 12.6. The van der Waals surface area contributed by atoms with Gasteiger partial charge in [-0.25, -0.2) is 9.78 Å². The fourth-order valence-corrected chi connectivity index (χ4v) is 2.01. The molecule has 8 nitrogen and oxygen atoms in total. The zero-order chi connectivity index (χ0) is 19.6. The molecule has 0 atom stereocenters. The first-order chi connectivity index (χ1) is 12.2. The van der Waals surface area contributed by atoms with E-state index < -0.39 is 11.7 Å². The molecule has 9 heteroatoms. The molecule has 3 N–H and O–H groups in total. The molecule has 0 aliphatic rings. The lowest BCUT2D eigenvalue weighted by atomic mass is 10.2. The highest BCUT2D eigenvalue weighted by Gasteiger charge is 2.15. The molecular formula is C18H33IN6O2. The lowest BCUT2D eigenvalue weighted by Gasteiger charge is -2.19. The fourth-order valence-electron chi connectivity index (χ4n) is 2.01. The topological polar surface area (TPSA) is 90.9 Å². The van der Waals surface area contributed by atoms with Gasteiger partial charge in [-0.3, -0.25) is 4.99 Å². The molecule has 0 aliphatic heterocycles. The summed E-state index contributed by atoms with van der Waals surface area (Å²) in [5.74, 6) is 1.61. The Morgan fingerprint density at radius 1 is 1.19 bits per heavy atom. The normalized spacial score (nSPS) is 11.3. The van der Waals surface area contributed by atoms with Gasteiger partial charge in [0.1, 0.15) is 11.4 Å². The van der Waals surface area contributed by atoms with E-state index in [2.05, 4.69) is 25.9 Å². The maximum atomic E-state index is 11.5. The van der Waals surface area contributed by atoms with Crippen LogP contribution in [0.4, 0.5) is 10.6 Å². The number of hydrogen-bond donors (Lipinski definition) is 3. The van der Waals surface area contributed by atoms with E-state index in [0.717, 1.165) is 17.9 Å². The molecule has 0 fully saturated rings. The van der Waals surface area contributed by atoms with Crippen LogP contribution in [-0.4, -0.2) is 56.9 Å². The number of carbonyl (C=O) groups excluding carboxylic acids is 1. The van der Waals surface area contributed by atoms with Crippen molar-refractivity contribution in [3.63, 3.8) is 0 Å². The third-order valence-corrected chi connectivity index (χ3v) is 3.23. The Hall–Kier alpha value is -1.78. The summed E-state index contributed by atoms with van der Waals surface area (Å²) < 4.78 is 5.18. The van der Waals surface area contributed by atoms with Crippen LogP contribution < -0.4 is 20.9 Å². The Balaban J connectivity index is 0.00000676. The van der Waals surface area contributed by atoms with Gasteiger partial charge >= 0.3 is 6.09 Å². The summed E-state index contributed by atoms with van der Waals surface area (Å²) in [6, 6.07) is 5.92. The van der Waals surface area contributed by atoms with Gasteiger partial charge in [-0.05, 0) is 39.3 Å². The van der Waals surface area contributed by atoms with Gasteiger partial charge < -0.3 is 25.6 Å². The third kappa shape index (κ3) is 11.5. The number of carbonyl (C=O) groups is 1. The summed E-state index contributed by atoms with van der Waals surface area (Å²) in [4.78, 5) is 22.3. The number of nitrogens with one attached hydrogen (secondary N) is 3. The van der Waals surface area contributed by atoms with Crippen LogP contribution in [0, 0.1) is 0 Å². The third-order valence-electron chi connectivity index (χ3n) is 3.23. The van der Waals surface area contributed by atoms with E-state index in [1.165, 1.54) is 0 Å². The van der Waals surface area contributed by atoms with Gasteiger partial charge in [0.05, 0.1) is 12.2 Å². The highest BCUT2D eigenvalue weighted by atomic mass is 127. The first-order valence-corrected chi connectivity index (χ1v) is 8.76. The number of aliphatic imine (C=N–C) groups is 1. The summed E-state index contributed by atoms with van der Waals surface area (Å²) >= 11 is 0. The Bertz CT molecular complexity index is 602. The molecule has 27 heavy (non-hydrogen) atoms. The first-order valence-electron chi connectivity index (χ1n) is 8.76. The highest BCUT2D eigenvalue weighted by Crippen LogP contribution is 2.07. The van der Waals surface area contributed by atoms with Crippen molar-refractivity contribution in [3.8, 4) is 0 Å². The minimum absolute atomic E-state index is 0. The van der Waals surface area contributed by atoms with Gasteiger partial charge in [-0.1, -0.05) is 6.07 Å². The van der Waals surface area contributed by atoms with Gasteiger partial charge in [0.25, 0.3) is 0 Å². The summed E-state index contributed by atoms with van der Waals surface area (Å²) in [5.41, 5.74) is 0.456. The average Bonchev–Trinajstić information content (AvgIpc) is 2.56. The zero-order valence-corrected chi connectivity index (χ0v) is 19.5.